The maximum absolute atomic E-state index is 11.6. The quantitative estimate of drug-likeness (QED) is 0.868. The molecule has 0 aliphatic rings. The van der Waals surface area contributed by atoms with E-state index in [1.165, 1.54) is 4.90 Å². The third-order valence-corrected chi connectivity index (χ3v) is 2.93. The highest BCUT2D eigenvalue weighted by molar-refractivity contribution is 9.10. The zero-order valence-electron chi connectivity index (χ0n) is 9.93. The highest BCUT2D eigenvalue weighted by Crippen LogP contribution is 2.23. The van der Waals surface area contributed by atoms with E-state index in [-0.39, 0.29) is 25.5 Å². The van der Waals surface area contributed by atoms with Crippen LogP contribution in [0.4, 0.5) is 0 Å². The molecular weight excluding hydrogens is 302 g/mol. The molecule has 5 nitrogen and oxygen atoms in total. The molecule has 0 aliphatic carbocycles. The second kappa shape index (κ2) is 7.00. The maximum atomic E-state index is 11.6. The smallest absolute Gasteiger partial charge is 0.305 e. The first kappa shape index (κ1) is 14.5. The molecule has 18 heavy (non-hydrogen) atoms. The lowest BCUT2D eigenvalue weighted by molar-refractivity contribution is -0.138. The van der Waals surface area contributed by atoms with Crippen molar-refractivity contribution in [3.05, 3.63) is 28.7 Å². The van der Waals surface area contributed by atoms with Crippen molar-refractivity contribution in [2.24, 2.45) is 0 Å². The average Bonchev–Trinajstić information content (AvgIpc) is 2.34. The first-order valence-electron chi connectivity index (χ1n) is 5.34. The first-order valence-corrected chi connectivity index (χ1v) is 6.13. The molecule has 1 N–H and O–H groups in total. The van der Waals surface area contributed by atoms with Crippen LogP contribution in [0.2, 0.25) is 0 Å². The van der Waals surface area contributed by atoms with E-state index in [1.54, 1.807) is 19.2 Å². The van der Waals surface area contributed by atoms with Crippen molar-refractivity contribution >= 4 is 27.8 Å². The predicted octanol–water partition coefficient (Wildman–Crippen LogP) is 1.76. The van der Waals surface area contributed by atoms with Crippen LogP contribution in [0.1, 0.15) is 6.42 Å². The molecule has 98 valence electrons. The van der Waals surface area contributed by atoms with Crippen LogP contribution in [-0.4, -0.2) is 42.1 Å². The summed E-state index contributed by atoms with van der Waals surface area (Å²) in [4.78, 5) is 23.3. The molecular formula is C12H14BrNO4. The lowest BCUT2D eigenvalue weighted by Gasteiger charge is -2.16. The predicted molar refractivity (Wildman–Crippen MR) is 69.5 cm³/mol. The Labute approximate surface area is 113 Å². The molecule has 0 radical (unpaired) electrons. The van der Waals surface area contributed by atoms with E-state index in [0.717, 1.165) is 4.47 Å². The fourth-order valence-electron chi connectivity index (χ4n) is 1.20. The zero-order chi connectivity index (χ0) is 13.5. The van der Waals surface area contributed by atoms with Crippen molar-refractivity contribution in [3.63, 3.8) is 0 Å². The molecule has 0 bridgehead atoms. The highest BCUT2D eigenvalue weighted by Gasteiger charge is 2.11. The summed E-state index contributed by atoms with van der Waals surface area (Å²) in [5.74, 6) is -0.606. The molecule has 6 heteroatoms. The molecule has 1 rings (SSSR count). The number of carboxylic acid groups (broad SMARTS) is 1. The summed E-state index contributed by atoms with van der Waals surface area (Å²) in [7, 11) is 1.55. The van der Waals surface area contributed by atoms with Gasteiger partial charge in [0.2, 0.25) is 0 Å². The van der Waals surface area contributed by atoms with Crippen molar-refractivity contribution in [2.75, 3.05) is 20.2 Å². The topological polar surface area (TPSA) is 66.8 Å². The van der Waals surface area contributed by atoms with Gasteiger partial charge in [0, 0.05) is 13.6 Å². The van der Waals surface area contributed by atoms with E-state index in [2.05, 4.69) is 15.9 Å². The summed E-state index contributed by atoms with van der Waals surface area (Å²) in [6.07, 6.45) is -0.0722. The maximum Gasteiger partial charge on any atom is 0.305 e. The normalized spacial score (nSPS) is 9.89. The van der Waals surface area contributed by atoms with Crippen molar-refractivity contribution in [3.8, 4) is 5.75 Å². The Morgan fingerprint density at radius 1 is 1.39 bits per heavy atom. The number of amides is 1. The lowest BCUT2D eigenvalue weighted by atomic mass is 10.3. The molecule has 0 aromatic heterocycles. The van der Waals surface area contributed by atoms with E-state index in [1.807, 2.05) is 12.1 Å². The van der Waals surface area contributed by atoms with Gasteiger partial charge in [0.1, 0.15) is 5.75 Å². The van der Waals surface area contributed by atoms with E-state index >= 15 is 0 Å². The Bertz CT molecular complexity index is 436. The molecule has 0 heterocycles. The van der Waals surface area contributed by atoms with Gasteiger partial charge in [-0.1, -0.05) is 12.1 Å². The van der Waals surface area contributed by atoms with Crippen LogP contribution in [0.3, 0.4) is 0 Å². The number of para-hydroxylation sites is 1. The Morgan fingerprint density at radius 3 is 2.67 bits per heavy atom. The van der Waals surface area contributed by atoms with E-state index in [9.17, 15) is 9.59 Å². The molecule has 1 aromatic carbocycles. The first-order chi connectivity index (χ1) is 8.50. The van der Waals surface area contributed by atoms with E-state index in [0.29, 0.717) is 5.75 Å². The average molecular weight is 316 g/mol. The van der Waals surface area contributed by atoms with Gasteiger partial charge in [0.25, 0.3) is 5.91 Å². The second-order valence-corrected chi connectivity index (χ2v) is 4.53. The van der Waals surface area contributed by atoms with Crippen molar-refractivity contribution in [2.45, 2.75) is 6.42 Å². The minimum absolute atomic E-state index is 0.0722. The van der Waals surface area contributed by atoms with Crippen molar-refractivity contribution in [1.82, 2.24) is 4.90 Å². The second-order valence-electron chi connectivity index (χ2n) is 3.68. The number of likely N-dealkylation sites (N-methyl/N-ethyl adjacent to an activating group) is 1. The number of hydrogen-bond donors (Lipinski definition) is 1. The number of hydrogen-bond acceptors (Lipinski definition) is 3. The molecule has 0 spiro atoms. The SMILES string of the molecule is CN(CCC(=O)O)C(=O)COc1ccccc1Br. The number of aliphatic carboxylic acids is 1. The third kappa shape index (κ3) is 4.75. The summed E-state index contributed by atoms with van der Waals surface area (Å²) >= 11 is 3.31. The number of rotatable bonds is 6. The van der Waals surface area contributed by atoms with Gasteiger partial charge in [0.05, 0.1) is 10.9 Å². The van der Waals surface area contributed by atoms with E-state index < -0.39 is 5.97 Å². The van der Waals surface area contributed by atoms with Crippen LogP contribution in [0.25, 0.3) is 0 Å². The fourth-order valence-corrected chi connectivity index (χ4v) is 1.60. The summed E-state index contributed by atoms with van der Waals surface area (Å²) in [6.45, 7) is 0.0617. The van der Waals surface area contributed by atoms with Gasteiger partial charge in [-0.25, -0.2) is 0 Å². The van der Waals surface area contributed by atoms with Crippen molar-refractivity contribution < 1.29 is 19.4 Å². The monoisotopic (exact) mass is 315 g/mol. The number of carboxylic acids is 1. The molecule has 0 saturated heterocycles. The third-order valence-electron chi connectivity index (χ3n) is 2.27. The number of carbonyl (C=O) groups excluding carboxylic acids is 1. The standard InChI is InChI=1S/C12H14BrNO4/c1-14(7-6-12(16)17)11(15)8-18-10-5-3-2-4-9(10)13/h2-5H,6-8H2,1H3,(H,16,17). The summed E-state index contributed by atoms with van der Waals surface area (Å²) < 4.78 is 6.11. The Morgan fingerprint density at radius 2 is 2.06 bits per heavy atom. The van der Waals surface area contributed by atoms with Crippen LogP contribution >= 0.6 is 15.9 Å². The minimum atomic E-state index is -0.929. The summed E-state index contributed by atoms with van der Waals surface area (Å²) in [6, 6.07) is 7.21. The van der Waals surface area contributed by atoms with Gasteiger partial charge < -0.3 is 14.7 Å². The number of ether oxygens (including phenoxy) is 1. The summed E-state index contributed by atoms with van der Waals surface area (Å²) in [5, 5.41) is 8.51. The van der Waals surface area contributed by atoms with Gasteiger partial charge >= 0.3 is 5.97 Å². The molecule has 0 saturated carbocycles. The van der Waals surface area contributed by atoms with Crippen LogP contribution in [0, 0.1) is 0 Å². The number of benzene rings is 1. The van der Waals surface area contributed by atoms with E-state index in [4.69, 9.17) is 9.84 Å². The van der Waals surface area contributed by atoms with Crippen LogP contribution < -0.4 is 4.74 Å². The largest absolute Gasteiger partial charge is 0.483 e. The van der Waals surface area contributed by atoms with Crippen molar-refractivity contribution in [1.29, 1.82) is 0 Å². The molecule has 0 unspecified atom stereocenters. The fraction of sp³-hybridized carbons (Fsp3) is 0.333. The molecule has 0 aliphatic heterocycles. The molecule has 0 fully saturated rings. The van der Waals surface area contributed by atoms with Gasteiger partial charge in [-0.15, -0.1) is 0 Å². The number of nitrogens with zero attached hydrogens (tertiary/aromatic N) is 1. The van der Waals surface area contributed by atoms with Gasteiger partial charge in [0.15, 0.2) is 6.61 Å². The molecule has 1 aromatic rings. The van der Waals surface area contributed by atoms with Gasteiger partial charge in [-0.3, -0.25) is 9.59 Å². The van der Waals surface area contributed by atoms with Crippen LogP contribution in [-0.2, 0) is 9.59 Å². The van der Waals surface area contributed by atoms with Gasteiger partial charge in [-0.05, 0) is 28.1 Å². The number of halogens is 1. The Kier molecular flexibility index (Phi) is 5.64. The Hall–Kier alpha value is -1.56. The molecule has 0 atom stereocenters. The highest BCUT2D eigenvalue weighted by atomic mass is 79.9. The van der Waals surface area contributed by atoms with Gasteiger partial charge in [-0.2, -0.15) is 0 Å². The zero-order valence-corrected chi connectivity index (χ0v) is 11.5. The summed E-state index contributed by atoms with van der Waals surface area (Å²) in [5.41, 5.74) is 0. The van der Waals surface area contributed by atoms with Crippen LogP contribution in [0.15, 0.2) is 28.7 Å². The minimum Gasteiger partial charge on any atom is -0.483 e. The van der Waals surface area contributed by atoms with Crippen LogP contribution in [0.5, 0.6) is 5.75 Å². The molecule has 1 amide bonds. The Balaban J connectivity index is 2.41. The lowest BCUT2D eigenvalue weighted by Crippen LogP contribution is -2.33. The number of carbonyl (C=O) groups is 2.